The lowest BCUT2D eigenvalue weighted by Crippen LogP contribution is -2.26. The van der Waals surface area contributed by atoms with Crippen LogP contribution in [0.2, 0.25) is 0 Å². The molecule has 0 saturated heterocycles. The van der Waals surface area contributed by atoms with E-state index >= 15 is 0 Å². The smallest absolute Gasteiger partial charge is 0.0126 e. The summed E-state index contributed by atoms with van der Waals surface area (Å²) in [5, 5.41) is 0. The van der Waals surface area contributed by atoms with Gasteiger partial charge < -0.3 is 0 Å². The largest absolute Gasteiger partial charge is 0.0599 e. The maximum Gasteiger partial charge on any atom is 0.0126 e. The second kappa shape index (κ2) is 3.50. The van der Waals surface area contributed by atoms with Gasteiger partial charge in [0.25, 0.3) is 0 Å². The topological polar surface area (TPSA) is 0 Å². The molecule has 0 atom stereocenters. The summed E-state index contributed by atoms with van der Waals surface area (Å²) in [5.41, 5.74) is 6.79. The Kier molecular flexibility index (Phi) is 2.56. The third kappa shape index (κ3) is 1.33. The molecule has 0 aliphatic heterocycles. The molecule has 0 heterocycles. The van der Waals surface area contributed by atoms with E-state index in [0.717, 1.165) is 5.92 Å². The van der Waals surface area contributed by atoms with E-state index in [1.807, 2.05) is 0 Å². The van der Waals surface area contributed by atoms with Crippen LogP contribution in [-0.2, 0) is 0 Å². The van der Waals surface area contributed by atoms with E-state index in [-0.39, 0.29) is 0 Å². The van der Waals surface area contributed by atoms with Crippen LogP contribution in [0.4, 0.5) is 0 Å². The zero-order valence-electron chi connectivity index (χ0n) is 10.9. The highest BCUT2D eigenvalue weighted by atomic mass is 14.5. The molecule has 1 saturated carbocycles. The second-order valence-corrected chi connectivity index (χ2v) is 5.68. The van der Waals surface area contributed by atoms with Crippen LogP contribution in [-0.4, -0.2) is 0 Å². The van der Waals surface area contributed by atoms with E-state index in [1.54, 1.807) is 22.3 Å². The van der Waals surface area contributed by atoms with Crippen molar-refractivity contribution >= 4 is 0 Å². The Morgan fingerprint density at radius 2 is 1.27 bits per heavy atom. The molecule has 0 aromatic carbocycles. The predicted octanol–water partition coefficient (Wildman–Crippen LogP) is 4.87. The Balaban J connectivity index is 2.43. The van der Waals surface area contributed by atoms with E-state index < -0.39 is 0 Å². The molecular weight excluding hydrogens is 180 g/mol. The number of hydrogen-bond donors (Lipinski definition) is 0. The highest BCUT2D eigenvalue weighted by molar-refractivity contribution is 5.50. The predicted molar refractivity (Wildman–Crippen MR) is 66.8 cm³/mol. The maximum absolute atomic E-state index is 2.48. The molecule has 0 amide bonds. The Labute approximate surface area is 94.5 Å². The molecule has 0 aromatic heterocycles. The second-order valence-electron chi connectivity index (χ2n) is 5.68. The van der Waals surface area contributed by atoms with Crippen molar-refractivity contribution in [1.82, 2.24) is 0 Å². The normalized spacial score (nSPS) is 27.0. The summed E-state index contributed by atoms with van der Waals surface area (Å²) >= 11 is 0. The van der Waals surface area contributed by atoms with Crippen molar-refractivity contribution in [1.29, 1.82) is 0 Å². The summed E-state index contributed by atoms with van der Waals surface area (Å²) in [6, 6.07) is 0. The highest BCUT2D eigenvalue weighted by Gasteiger charge is 2.43. The average Bonchev–Trinajstić information content (AvgIpc) is 2.81. The van der Waals surface area contributed by atoms with Crippen molar-refractivity contribution in [2.75, 3.05) is 0 Å². The van der Waals surface area contributed by atoms with Gasteiger partial charge in [0.1, 0.15) is 0 Å². The summed E-state index contributed by atoms with van der Waals surface area (Å²) < 4.78 is 0. The first kappa shape index (κ1) is 11.0. The van der Waals surface area contributed by atoms with Crippen LogP contribution in [0.25, 0.3) is 0 Å². The number of hydrogen-bond acceptors (Lipinski definition) is 0. The minimum Gasteiger partial charge on any atom is -0.0599 e. The van der Waals surface area contributed by atoms with E-state index in [1.165, 1.54) is 25.7 Å². The molecule has 2 rings (SSSR count). The molecule has 0 unspecified atom stereocenters. The first-order chi connectivity index (χ1) is 6.99. The van der Waals surface area contributed by atoms with Crippen molar-refractivity contribution in [2.24, 2.45) is 11.3 Å². The van der Waals surface area contributed by atoms with Gasteiger partial charge >= 0.3 is 0 Å². The van der Waals surface area contributed by atoms with Crippen LogP contribution in [0.3, 0.4) is 0 Å². The molecular formula is C15H24. The molecule has 0 spiro atoms. The summed E-state index contributed by atoms with van der Waals surface area (Å²) in [6.45, 7) is 11.8. The summed E-state index contributed by atoms with van der Waals surface area (Å²) in [5.74, 6) is 0.907. The number of rotatable bonds is 1. The monoisotopic (exact) mass is 204 g/mol. The van der Waals surface area contributed by atoms with Crippen LogP contribution in [0.1, 0.15) is 60.3 Å². The van der Waals surface area contributed by atoms with Crippen molar-refractivity contribution in [3.63, 3.8) is 0 Å². The van der Waals surface area contributed by atoms with Crippen molar-refractivity contribution in [3.05, 3.63) is 22.3 Å². The van der Waals surface area contributed by atoms with Gasteiger partial charge in [0.15, 0.2) is 0 Å². The zero-order chi connectivity index (χ0) is 11.2. The minimum absolute atomic E-state index is 0.394. The van der Waals surface area contributed by atoms with E-state index in [2.05, 4.69) is 34.6 Å². The lowest BCUT2D eigenvalue weighted by atomic mass is 9.68. The summed E-state index contributed by atoms with van der Waals surface area (Å²) in [7, 11) is 0. The van der Waals surface area contributed by atoms with Gasteiger partial charge in [-0.2, -0.15) is 0 Å². The fourth-order valence-corrected chi connectivity index (χ4v) is 3.74. The fourth-order valence-electron chi connectivity index (χ4n) is 3.74. The molecule has 0 heteroatoms. The Bertz CT molecular complexity index is 311. The molecule has 84 valence electrons. The first-order valence-electron chi connectivity index (χ1n) is 6.36. The molecule has 0 radical (unpaired) electrons. The average molecular weight is 204 g/mol. The van der Waals surface area contributed by atoms with E-state index in [0.29, 0.717) is 5.41 Å². The minimum atomic E-state index is 0.394. The Morgan fingerprint density at radius 1 is 0.867 bits per heavy atom. The quantitative estimate of drug-likeness (QED) is 0.571. The SMILES string of the molecule is CC1=C(C)C(C)(C2CCCC2)C(C)=C1C. The fraction of sp³-hybridized carbons (Fsp3) is 0.733. The Hall–Kier alpha value is -0.520. The van der Waals surface area contributed by atoms with Gasteiger partial charge in [-0.1, -0.05) is 30.9 Å². The van der Waals surface area contributed by atoms with E-state index in [4.69, 9.17) is 0 Å². The molecule has 1 fully saturated rings. The van der Waals surface area contributed by atoms with Crippen molar-refractivity contribution < 1.29 is 0 Å². The third-order valence-electron chi connectivity index (χ3n) is 5.42. The molecule has 0 N–H and O–H groups in total. The molecule has 2 aliphatic carbocycles. The lowest BCUT2D eigenvalue weighted by Gasteiger charge is -2.35. The van der Waals surface area contributed by atoms with Crippen molar-refractivity contribution in [2.45, 2.75) is 60.3 Å². The highest BCUT2D eigenvalue weighted by Crippen LogP contribution is 2.55. The van der Waals surface area contributed by atoms with Crippen LogP contribution < -0.4 is 0 Å². The van der Waals surface area contributed by atoms with Crippen LogP contribution in [0.15, 0.2) is 22.3 Å². The molecule has 0 aromatic rings. The van der Waals surface area contributed by atoms with Gasteiger partial charge in [0.2, 0.25) is 0 Å². The third-order valence-corrected chi connectivity index (χ3v) is 5.42. The van der Waals surface area contributed by atoms with Gasteiger partial charge in [-0.3, -0.25) is 0 Å². The molecule has 15 heavy (non-hydrogen) atoms. The van der Waals surface area contributed by atoms with Crippen LogP contribution >= 0.6 is 0 Å². The van der Waals surface area contributed by atoms with Crippen molar-refractivity contribution in [3.8, 4) is 0 Å². The number of allylic oxidation sites excluding steroid dienone is 4. The molecule has 0 bridgehead atoms. The van der Waals surface area contributed by atoms with Gasteiger partial charge in [-0.05, 0) is 57.6 Å². The Morgan fingerprint density at radius 3 is 1.67 bits per heavy atom. The van der Waals surface area contributed by atoms with Gasteiger partial charge in [-0.15, -0.1) is 0 Å². The summed E-state index contributed by atoms with van der Waals surface area (Å²) in [4.78, 5) is 0. The van der Waals surface area contributed by atoms with Gasteiger partial charge in [0.05, 0.1) is 0 Å². The lowest BCUT2D eigenvalue weighted by molar-refractivity contribution is 0.297. The standard InChI is InChI=1S/C15H24/c1-10-11(2)13(4)15(5,12(10)3)14-8-6-7-9-14/h14H,6-9H2,1-5H3. The van der Waals surface area contributed by atoms with Crippen LogP contribution in [0.5, 0.6) is 0 Å². The summed E-state index contributed by atoms with van der Waals surface area (Å²) in [6.07, 6.45) is 5.76. The van der Waals surface area contributed by atoms with Gasteiger partial charge in [0, 0.05) is 5.41 Å². The molecule has 0 nitrogen and oxygen atoms in total. The van der Waals surface area contributed by atoms with E-state index in [9.17, 15) is 0 Å². The first-order valence-corrected chi connectivity index (χ1v) is 6.36. The molecule has 2 aliphatic rings. The van der Waals surface area contributed by atoms with Crippen LogP contribution in [0, 0.1) is 11.3 Å². The maximum atomic E-state index is 2.48. The van der Waals surface area contributed by atoms with Gasteiger partial charge in [-0.25, -0.2) is 0 Å². The zero-order valence-corrected chi connectivity index (χ0v) is 10.9.